The lowest BCUT2D eigenvalue weighted by atomic mass is 10.1. The first kappa shape index (κ1) is 18.2. The summed E-state index contributed by atoms with van der Waals surface area (Å²) >= 11 is 1.46. The average Bonchev–Trinajstić information content (AvgIpc) is 3.03. The summed E-state index contributed by atoms with van der Waals surface area (Å²) in [6, 6.07) is 11.5. The molecule has 0 saturated heterocycles. The summed E-state index contributed by atoms with van der Waals surface area (Å²) in [5, 5.41) is 9.63. The van der Waals surface area contributed by atoms with Gasteiger partial charge in [0.2, 0.25) is 5.91 Å². The van der Waals surface area contributed by atoms with Gasteiger partial charge in [-0.2, -0.15) is 5.10 Å². The van der Waals surface area contributed by atoms with E-state index in [2.05, 4.69) is 15.7 Å². The number of nitrogens with zero attached hydrogens (tertiary/aromatic N) is 2. The highest BCUT2D eigenvalue weighted by Gasteiger charge is 2.24. The fraction of sp³-hybridized carbons (Fsp3) is 0.150. The predicted molar refractivity (Wildman–Crippen MR) is 107 cm³/mol. The van der Waals surface area contributed by atoms with Crippen molar-refractivity contribution >= 4 is 35.0 Å². The van der Waals surface area contributed by atoms with E-state index < -0.39 is 5.82 Å². The van der Waals surface area contributed by atoms with Gasteiger partial charge in [-0.25, -0.2) is 9.07 Å². The molecule has 2 heterocycles. The Kier molecular flexibility index (Phi) is 4.64. The van der Waals surface area contributed by atoms with E-state index in [1.807, 2.05) is 13.0 Å². The predicted octanol–water partition coefficient (Wildman–Crippen LogP) is 4.00. The number of rotatable bonds is 3. The van der Waals surface area contributed by atoms with Crippen molar-refractivity contribution in [2.24, 2.45) is 0 Å². The van der Waals surface area contributed by atoms with E-state index in [1.165, 1.54) is 28.7 Å². The van der Waals surface area contributed by atoms with Gasteiger partial charge in [0, 0.05) is 10.5 Å². The van der Waals surface area contributed by atoms with Gasteiger partial charge in [0.1, 0.15) is 11.5 Å². The third kappa shape index (κ3) is 3.27. The molecule has 28 heavy (non-hydrogen) atoms. The lowest BCUT2D eigenvalue weighted by molar-refractivity contribution is -0.115. The number of carbonyl (C=O) groups is 2. The Morgan fingerprint density at radius 1 is 1.29 bits per heavy atom. The number of nitrogens with one attached hydrogen (secondary N) is 2. The van der Waals surface area contributed by atoms with Crippen LogP contribution in [0.2, 0.25) is 0 Å². The lowest BCUT2D eigenvalue weighted by Crippen LogP contribution is -2.26. The SMILES string of the molecule is Cc1c(NC(=O)c2ccc3c(c2)NC(=O)[C@H](C)S3)cnn1-c1ccccc1F. The van der Waals surface area contributed by atoms with E-state index in [0.29, 0.717) is 28.3 Å². The van der Waals surface area contributed by atoms with Gasteiger partial charge in [0.05, 0.1) is 28.5 Å². The van der Waals surface area contributed by atoms with E-state index in [0.717, 1.165) is 4.90 Å². The van der Waals surface area contributed by atoms with E-state index >= 15 is 0 Å². The largest absolute Gasteiger partial charge is 0.324 e. The standard InChI is InChI=1S/C20H17FN4O2S/c1-11-16(10-22-25(11)17-6-4-3-5-14(17)21)24-20(27)13-7-8-18-15(9-13)23-19(26)12(2)28-18/h3-10,12H,1-2H3,(H,23,26)(H,24,27)/t12-/m0/s1. The Hall–Kier alpha value is -3.13. The number of aromatic nitrogens is 2. The van der Waals surface area contributed by atoms with Gasteiger partial charge in [-0.3, -0.25) is 9.59 Å². The molecule has 8 heteroatoms. The first-order valence-corrected chi connectivity index (χ1v) is 9.54. The molecule has 0 aliphatic carbocycles. The molecule has 2 aromatic carbocycles. The minimum atomic E-state index is -0.399. The number of fused-ring (bicyclic) bond motifs is 1. The zero-order chi connectivity index (χ0) is 19.8. The molecule has 1 aliphatic rings. The number of halogens is 1. The maximum Gasteiger partial charge on any atom is 0.255 e. The number of hydrogen-bond donors (Lipinski definition) is 2. The van der Waals surface area contributed by atoms with Gasteiger partial charge in [-0.15, -0.1) is 11.8 Å². The maximum absolute atomic E-state index is 14.0. The molecule has 6 nitrogen and oxygen atoms in total. The van der Waals surface area contributed by atoms with Crippen LogP contribution in [-0.2, 0) is 4.79 Å². The molecule has 1 atom stereocenters. The minimum Gasteiger partial charge on any atom is -0.324 e. The van der Waals surface area contributed by atoms with Crippen LogP contribution < -0.4 is 10.6 Å². The molecule has 2 amide bonds. The first-order chi connectivity index (χ1) is 13.4. The summed E-state index contributed by atoms with van der Waals surface area (Å²) in [6.07, 6.45) is 1.48. The number of amides is 2. The summed E-state index contributed by atoms with van der Waals surface area (Å²) in [4.78, 5) is 25.5. The van der Waals surface area contributed by atoms with Crippen LogP contribution in [-0.4, -0.2) is 26.8 Å². The molecule has 0 bridgehead atoms. The summed E-state index contributed by atoms with van der Waals surface area (Å²) in [7, 11) is 0. The monoisotopic (exact) mass is 396 g/mol. The third-order valence-corrected chi connectivity index (χ3v) is 5.69. The van der Waals surface area contributed by atoms with Gasteiger partial charge >= 0.3 is 0 Å². The van der Waals surface area contributed by atoms with Crippen molar-refractivity contribution in [3.63, 3.8) is 0 Å². The number of hydrogen-bond acceptors (Lipinski definition) is 4. The fourth-order valence-electron chi connectivity index (χ4n) is 2.94. The first-order valence-electron chi connectivity index (χ1n) is 8.66. The van der Waals surface area contributed by atoms with Crippen LogP contribution >= 0.6 is 11.8 Å². The maximum atomic E-state index is 14.0. The molecule has 0 spiro atoms. The normalized spacial score (nSPS) is 15.7. The summed E-state index contributed by atoms with van der Waals surface area (Å²) in [6.45, 7) is 3.58. The lowest BCUT2D eigenvalue weighted by Gasteiger charge is -2.21. The highest BCUT2D eigenvalue weighted by atomic mass is 32.2. The van der Waals surface area contributed by atoms with Crippen LogP contribution in [0.25, 0.3) is 5.69 Å². The van der Waals surface area contributed by atoms with Crippen molar-refractivity contribution in [2.75, 3.05) is 10.6 Å². The molecule has 0 unspecified atom stereocenters. The van der Waals surface area contributed by atoms with E-state index in [9.17, 15) is 14.0 Å². The van der Waals surface area contributed by atoms with Crippen molar-refractivity contribution in [1.82, 2.24) is 9.78 Å². The number of carbonyl (C=O) groups excluding carboxylic acids is 2. The van der Waals surface area contributed by atoms with Crippen molar-refractivity contribution in [1.29, 1.82) is 0 Å². The fourth-order valence-corrected chi connectivity index (χ4v) is 3.87. The molecule has 2 N–H and O–H groups in total. The van der Waals surface area contributed by atoms with Crippen molar-refractivity contribution in [2.45, 2.75) is 24.0 Å². The van der Waals surface area contributed by atoms with Gasteiger partial charge in [-0.1, -0.05) is 12.1 Å². The minimum absolute atomic E-state index is 0.0860. The molecular formula is C20H17FN4O2S. The average molecular weight is 396 g/mol. The second-order valence-corrected chi connectivity index (χ2v) is 7.80. The van der Waals surface area contributed by atoms with Crippen molar-refractivity contribution in [3.05, 3.63) is 65.7 Å². The molecule has 0 saturated carbocycles. The van der Waals surface area contributed by atoms with Gasteiger partial charge in [0.25, 0.3) is 5.91 Å². The third-order valence-electron chi connectivity index (χ3n) is 4.51. The molecule has 4 rings (SSSR count). The highest BCUT2D eigenvalue weighted by molar-refractivity contribution is 8.00. The molecular weight excluding hydrogens is 379 g/mol. The summed E-state index contributed by atoms with van der Waals surface area (Å²) in [5.74, 6) is -0.822. The second kappa shape index (κ2) is 7.12. The number of thioether (sulfide) groups is 1. The van der Waals surface area contributed by atoms with Crippen LogP contribution in [0.15, 0.2) is 53.6 Å². The summed E-state index contributed by atoms with van der Waals surface area (Å²) in [5.41, 5.74) is 2.43. The van der Waals surface area contributed by atoms with Gasteiger partial charge in [-0.05, 0) is 44.2 Å². The number of benzene rings is 2. The van der Waals surface area contributed by atoms with Crippen LogP contribution in [0.1, 0.15) is 23.0 Å². The van der Waals surface area contributed by atoms with E-state index in [1.54, 1.807) is 37.3 Å². The van der Waals surface area contributed by atoms with Crippen molar-refractivity contribution in [3.8, 4) is 5.69 Å². The molecule has 0 fully saturated rings. The zero-order valence-corrected chi connectivity index (χ0v) is 16.0. The van der Waals surface area contributed by atoms with E-state index in [-0.39, 0.29) is 17.1 Å². The quantitative estimate of drug-likeness (QED) is 0.702. The van der Waals surface area contributed by atoms with Gasteiger partial charge < -0.3 is 10.6 Å². The molecule has 1 aromatic heterocycles. The Morgan fingerprint density at radius 2 is 2.07 bits per heavy atom. The Morgan fingerprint density at radius 3 is 2.86 bits per heavy atom. The van der Waals surface area contributed by atoms with Crippen LogP contribution in [0.4, 0.5) is 15.8 Å². The van der Waals surface area contributed by atoms with Crippen LogP contribution in [0.5, 0.6) is 0 Å². The molecule has 142 valence electrons. The topological polar surface area (TPSA) is 76.0 Å². The molecule has 3 aromatic rings. The molecule has 0 radical (unpaired) electrons. The van der Waals surface area contributed by atoms with Crippen LogP contribution in [0, 0.1) is 12.7 Å². The smallest absolute Gasteiger partial charge is 0.255 e. The van der Waals surface area contributed by atoms with Crippen molar-refractivity contribution < 1.29 is 14.0 Å². The van der Waals surface area contributed by atoms with E-state index in [4.69, 9.17) is 0 Å². The zero-order valence-electron chi connectivity index (χ0n) is 15.2. The number of para-hydroxylation sites is 1. The van der Waals surface area contributed by atoms with Crippen LogP contribution in [0.3, 0.4) is 0 Å². The molecule has 1 aliphatic heterocycles. The second-order valence-electron chi connectivity index (χ2n) is 6.42. The Labute approximate surface area is 165 Å². The Balaban J connectivity index is 1.58. The number of anilines is 2. The Bertz CT molecular complexity index is 1100. The summed E-state index contributed by atoms with van der Waals surface area (Å²) < 4.78 is 15.5. The highest BCUT2D eigenvalue weighted by Crippen LogP contribution is 2.36. The van der Waals surface area contributed by atoms with Gasteiger partial charge in [0.15, 0.2) is 0 Å².